The molecule has 0 amide bonds. The second-order valence-electron chi connectivity index (χ2n) is 5.29. The van der Waals surface area contributed by atoms with Crippen LogP contribution in [0.15, 0.2) is 18.2 Å². The summed E-state index contributed by atoms with van der Waals surface area (Å²) in [5, 5.41) is 12.9. The van der Waals surface area contributed by atoms with Crippen molar-refractivity contribution in [2.45, 2.75) is 39.3 Å². The Morgan fingerprint density at radius 3 is 2.56 bits per heavy atom. The summed E-state index contributed by atoms with van der Waals surface area (Å²) in [5.74, 6) is -0.222. The predicted molar refractivity (Wildman–Crippen MR) is 63.0 cm³/mol. The summed E-state index contributed by atoms with van der Waals surface area (Å²) in [6.45, 7) is 5.91. The summed E-state index contributed by atoms with van der Waals surface area (Å²) < 4.78 is 13.2. The zero-order valence-corrected chi connectivity index (χ0v) is 9.92. The maximum Gasteiger partial charge on any atom is 0.125 e. The van der Waals surface area contributed by atoms with Crippen molar-refractivity contribution in [3.63, 3.8) is 0 Å². The van der Waals surface area contributed by atoms with Crippen molar-refractivity contribution in [1.29, 1.82) is 0 Å². The van der Waals surface area contributed by atoms with Crippen molar-refractivity contribution in [3.8, 4) is 0 Å². The minimum atomic E-state index is -0.264. The number of aliphatic hydroxyl groups is 1. The van der Waals surface area contributed by atoms with Gasteiger partial charge in [0.1, 0.15) is 5.82 Å². The quantitative estimate of drug-likeness (QED) is 0.808. The van der Waals surface area contributed by atoms with Gasteiger partial charge in [-0.15, -0.1) is 0 Å². The molecule has 1 aliphatic carbocycles. The Labute approximate surface area is 95.5 Å². The molecule has 1 aromatic rings. The van der Waals surface area contributed by atoms with Crippen molar-refractivity contribution in [2.24, 2.45) is 5.41 Å². The Hall–Kier alpha value is -1.09. The SMILES string of the molecule is Cc1cc(F)cc(NC2CC(O)C2(C)C)c1. The van der Waals surface area contributed by atoms with Gasteiger partial charge in [0.05, 0.1) is 6.10 Å². The molecule has 0 saturated heterocycles. The van der Waals surface area contributed by atoms with Crippen LogP contribution in [0.4, 0.5) is 10.1 Å². The van der Waals surface area contributed by atoms with E-state index in [-0.39, 0.29) is 23.4 Å². The van der Waals surface area contributed by atoms with Crippen molar-refractivity contribution in [1.82, 2.24) is 0 Å². The highest BCUT2D eigenvalue weighted by molar-refractivity contribution is 5.48. The molecule has 0 radical (unpaired) electrons. The molecule has 3 heteroatoms. The van der Waals surface area contributed by atoms with Crippen LogP contribution in [0.5, 0.6) is 0 Å². The third-order valence-electron chi connectivity index (χ3n) is 3.60. The molecule has 0 heterocycles. The first-order chi connectivity index (χ1) is 7.39. The third-order valence-corrected chi connectivity index (χ3v) is 3.60. The second kappa shape index (κ2) is 3.74. The minimum Gasteiger partial charge on any atom is -0.392 e. The lowest BCUT2D eigenvalue weighted by molar-refractivity contribution is -0.0510. The Morgan fingerprint density at radius 2 is 2.06 bits per heavy atom. The summed E-state index contributed by atoms with van der Waals surface area (Å²) >= 11 is 0. The van der Waals surface area contributed by atoms with E-state index in [1.54, 1.807) is 0 Å². The van der Waals surface area contributed by atoms with Crippen LogP contribution in [-0.4, -0.2) is 17.3 Å². The number of aryl methyl sites for hydroxylation is 1. The van der Waals surface area contributed by atoms with Crippen molar-refractivity contribution < 1.29 is 9.50 Å². The number of benzene rings is 1. The van der Waals surface area contributed by atoms with Crippen LogP contribution < -0.4 is 5.32 Å². The monoisotopic (exact) mass is 223 g/mol. The van der Waals surface area contributed by atoms with Crippen LogP contribution in [-0.2, 0) is 0 Å². The molecule has 1 fully saturated rings. The van der Waals surface area contributed by atoms with Gasteiger partial charge in [-0.1, -0.05) is 13.8 Å². The Kier molecular flexibility index (Phi) is 2.66. The number of anilines is 1. The van der Waals surface area contributed by atoms with E-state index in [2.05, 4.69) is 5.32 Å². The summed E-state index contributed by atoms with van der Waals surface area (Å²) in [7, 11) is 0. The second-order valence-corrected chi connectivity index (χ2v) is 5.29. The minimum absolute atomic E-state index is 0.139. The third kappa shape index (κ3) is 1.92. The van der Waals surface area contributed by atoms with Gasteiger partial charge in [0, 0.05) is 17.1 Å². The Bertz CT molecular complexity index is 383. The average molecular weight is 223 g/mol. The van der Waals surface area contributed by atoms with E-state index < -0.39 is 0 Å². The van der Waals surface area contributed by atoms with E-state index >= 15 is 0 Å². The van der Waals surface area contributed by atoms with Crippen molar-refractivity contribution >= 4 is 5.69 Å². The number of aliphatic hydroxyl groups excluding tert-OH is 1. The zero-order chi connectivity index (χ0) is 11.9. The highest BCUT2D eigenvalue weighted by atomic mass is 19.1. The van der Waals surface area contributed by atoms with E-state index in [9.17, 15) is 9.50 Å². The molecule has 0 bridgehead atoms. The molecule has 2 atom stereocenters. The topological polar surface area (TPSA) is 32.3 Å². The number of nitrogens with one attached hydrogen (secondary N) is 1. The first kappa shape index (κ1) is 11.4. The van der Waals surface area contributed by atoms with Gasteiger partial charge in [-0.2, -0.15) is 0 Å². The Balaban J connectivity index is 2.11. The predicted octanol–water partition coefficient (Wildman–Crippen LogP) is 2.71. The van der Waals surface area contributed by atoms with Gasteiger partial charge >= 0.3 is 0 Å². The lowest BCUT2D eigenvalue weighted by atomic mass is 9.64. The first-order valence-electron chi connectivity index (χ1n) is 5.61. The van der Waals surface area contributed by atoms with Gasteiger partial charge in [0.15, 0.2) is 0 Å². The fraction of sp³-hybridized carbons (Fsp3) is 0.538. The number of hydrogen-bond acceptors (Lipinski definition) is 2. The van der Waals surface area contributed by atoms with E-state index in [4.69, 9.17) is 0 Å². The number of rotatable bonds is 2. The van der Waals surface area contributed by atoms with E-state index in [1.807, 2.05) is 26.8 Å². The maximum atomic E-state index is 13.2. The van der Waals surface area contributed by atoms with Gasteiger partial charge in [0.2, 0.25) is 0 Å². The van der Waals surface area contributed by atoms with Gasteiger partial charge in [-0.05, 0) is 37.1 Å². The van der Waals surface area contributed by atoms with Crippen LogP contribution in [0.25, 0.3) is 0 Å². The van der Waals surface area contributed by atoms with Gasteiger partial charge < -0.3 is 10.4 Å². The molecule has 88 valence electrons. The highest BCUT2D eigenvalue weighted by Crippen LogP contribution is 2.42. The van der Waals surface area contributed by atoms with Crippen LogP contribution in [0.1, 0.15) is 25.8 Å². The largest absolute Gasteiger partial charge is 0.392 e. The van der Waals surface area contributed by atoms with Crippen molar-refractivity contribution in [3.05, 3.63) is 29.6 Å². The van der Waals surface area contributed by atoms with E-state index in [1.165, 1.54) is 12.1 Å². The number of hydrogen-bond donors (Lipinski definition) is 2. The van der Waals surface area contributed by atoms with Gasteiger partial charge in [0.25, 0.3) is 0 Å². The van der Waals surface area contributed by atoms with Gasteiger partial charge in [-0.3, -0.25) is 0 Å². The molecule has 1 aromatic carbocycles. The molecule has 2 N–H and O–H groups in total. The summed E-state index contributed by atoms with van der Waals surface area (Å²) in [6, 6.07) is 5.13. The van der Waals surface area contributed by atoms with Crippen LogP contribution in [0.2, 0.25) is 0 Å². The molecule has 16 heavy (non-hydrogen) atoms. The first-order valence-corrected chi connectivity index (χ1v) is 5.61. The zero-order valence-electron chi connectivity index (χ0n) is 9.92. The van der Waals surface area contributed by atoms with E-state index in [0.29, 0.717) is 0 Å². The van der Waals surface area contributed by atoms with Crippen LogP contribution in [0, 0.1) is 18.2 Å². The van der Waals surface area contributed by atoms with Crippen molar-refractivity contribution in [2.75, 3.05) is 5.32 Å². The average Bonchev–Trinajstić information content (AvgIpc) is 2.15. The molecule has 2 unspecified atom stereocenters. The molecule has 1 aliphatic rings. The summed E-state index contributed by atoms with van der Waals surface area (Å²) in [6.07, 6.45) is 0.461. The molecular weight excluding hydrogens is 205 g/mol. The maximum absolute atomic E-state index is 13.2. The fourth-order valence-electron chi connectivity index (χ4n) is 2.17. The fourth-order valence-corrected chi connectivity index (χ4v) is 2.17. The smallest absolute Gasteiger partial charge is 0.125 e. The molecule has 0 spiro atoms. The molecule has 0 aromatic heterocycles. The lowest BCUT2D eigenvalue weighted by Gasteiger charge is -2.49. The Morgan fingerprint density at radius 1 is 1.38 bits per heavy atom. The summed E-state index contributed by atoms with van der Waals surface area (Å²) in [5.41, 5.74) is 1.56. The molecule has 0 aliphatic heterocycles. The molecule has 2 nitrogen and oxygen atoms in total. The highest BCUT2D eigenvalue weighted by Gasteiger charge is 2.47. The normalized spacial score (nSPS) is 27.3. The molecule has 2 rings (SSSR count). The standard InChI is InChI=1S/C13H18FNO/c1-8-4-9(14)6-10(5-8)15-11-7-12(16)13(11,2)3/h4-6,11-12,15-16H,7H2,1-3H3. The van der Waals surface area contributed by atoms with E-state index in [0.717, 1.165) is 17.7 Å². The van der Waals surface area contributed by atoms with Crippen LogP contribution >= 0.6 is 0 Å². The van der Waals surface area contributed by atoms with Gasteiger partial charge in [-0.25, -0.2) is 4.39 Å². The summed E-state index contributed by atoms with van der Waals surface area (Å²) in [4.78, 5) is 0. The molecule has 1 saturated carbocycles. The molecular formula is C13H18FNO. The lowest BCUT2D eigenvalue weighted by Crippen LogP contribution is -2.56. The number of halogens is 1. The van der Waals surface area contributed by atoms with Crippen LogP contribution in [0.3, 0.4) is 0 Å².